The van der Waals surface area contributed by atoms with Crippen molar-refractivity contribution in [3.05, 3.63) is 48.2 Å². The fourth-order valence-electron chi connectivity index (χ4n) is 3.71. The second-order valence-electron chi connectivity index (χ2n) is 7.66. The minimum absolute atomic E-state index is 0.0516. The molecule has 8 heteroatoms. The topological polar surface area (TPSA) is 84.0 Å². The monoisotopic (exact) mass is 424 g/mol. The Hall–Kier alpha value is -3.13. The van der Waals surface area contributed by atoms with Crippen LogP contribution in [-0.2, 0) is 9.53 Å². The van der Waals surface area contributed by atoms with Gasteiger partial charge in [0.05, 0.1) is 25.5 Å². The maximum atomic E-state index is 13.3. The Morgan fingerprint density at radius 1 is 0.968 bits per heavy atom. The molecule has 0 spiro atoms. The summed E-state index contributed by atoms with van der Waals surface area (Å²) in [6.45, 7) is 3.35. The highest BCUT2D eigenvalue weighted by Crippen LogP contribution is 2.27. The lowest BCUT2D eigenvalue weighted by atomic mass is 10.2. The summed E-state index contributed by atoms with van der Waals surface area (Å²) in [6.07, 6.45) is 2.57. The van der Waals surface area contributed by atoms with Gasteiger partial charge < -0.3 is 24.6 Å². The maximum absolute atomic E-state index is 13.3. The van der Waals surface area contributed by atoms with E-state index in [0.29, 0.717) is 51.0 Å². The van der Waals surface area contributed by atoms with Crippen molar-refractivity contribution in [2.24, 2.45) is 0 Å². The number of carbonyl (C=O) groups excluding carboxylic acids is 2. The number of amides is 2. The van der Waals surface area contributed by atoms with Crippen LogP contribution in [0.1, 0.15) is 29.8 Å². The Labute approximate surface area is 182 Å². The van der Waals surface area contributed by atoms with Gasteiger partial charge >= 0.3 is 0 Å². The number of rotatable bonds is 2. The van der Waals surface area contributed by atoms with E-state index in [0.717, 1.165) is 30.7 Å². The second kappa shape index (κ2) is 10.3. The lowest BCUT2D eigenvalue weighted by Gasteiger charge is -2.30. The fraction of sp³-hybridized carbons (Fsp3) is 0.435. The number of benzene rings is 1. The predicted octanol–water partition coefficient (Wildman–Crippen LogP) is 2.69. The third-order valence-electron chi connectivity index (χ3n) is 5.43. The number of fused-ring (bicyclic) bond motifs is 3. The molecular weight excluding hydrogens is 396 g/mol. The van der Waals surface area contributed by atoms with E-state index in [-0.39, 0.29) is 18.4 Å². The van der Waals surface area contributed by atoms with Crippen LogP contribution >= 0.6 is 0 Å². The van der Waals surface area contributed by atoms with Crippen LogP contribution in [0.2, 0.25) is 0 Å². The van der Waals surface area contributed by atoms with Crippen LogP contribution in [-0.4, -0.2) is 72.6 Å². The molecule has 0 unspecified atom stereocenters. The Morgan fingerprint density at radius 2 is 1.81 bits per heavy atom. The third-order valence-corrected chi connectivity index (χ3v) is 5.43. The molecular formula is C23H28N4O4. The van der Waals surface area contributed by atoms with Crippen LogP contribution in [0.3, 0.4) is 0 Å². The number of anilines is 2. The average Bonchev–Trinajstić information content (AvgIpc) is 2.81. The first-order valence-electron chi connectivity index (χ1n) is 10.8. The van der Waals surface area contributed by atoms with E-state index in [4.69, 9.17) is 9.47 Å². The number of aromatic nitrogens is 1. The van der Waals surface area contributed by atoms with Gasteiger partial charge in [0.25, 0.3) is 5.91 Å². The SMILES string of the molecule is O=C(CN1CCCCCOc2ccccc2Nc2cccc(n2)C1=O)N1CCOCC1. The highest BCUT2D eigenvalue weighted by Gasteiger charge is 2.24. The van der Waals surface area contributed by atoms with E-state index in [9.17, 15) is 9.59 Å². The largest absolute Gasteiger partial charge is 0.491 e. The van der Waals surface area contributed by atoms with Crippen molar-refractivity contribution >= 4 is 23.3 Å². The Balaban J connectivity index is 1.56. The van der Waals surface area contributed by atoms with E-state index < -0.39 is 0 Å². The molecule has 4 rings (SSSR count). The van der Waals surface area contributed by atoms with Gasteiger partial charge in [-0.05, 0) is 43.5 Å². The summed E-state index contributed by atoms with van der Waals surface area (Å²) in [4.78, 5) is 33.9. The van der Waals surface area contributed by atoms with Crippen LogP contribution in [0.4, 0.5) is 11.5 Å². The van der Waals surface area contributed by atoms with Crippen molar-refractivity contribution < 1.29 is 19.1 Å². The van der Waals surface area contributed by atoms with Gasteiger partial charge in [0.1, 0.15) is 23.8 Å². The molecule has 2 amide bonds. The summed E-state index contributed by atoms with van der Waals surface area (Å²) in [5.41, 5.74) is 1.12. The zero-order chi connectivity index (χ0) is 21.5. The molecule has 2 bridgehead atoms. The first kappa shape index (κ1) is 21.1. The van der Waals surface area contributed by atoms with Gasteiger partial charge in [0, 0.05) is 19.6 Å². The van der Waals surface area contributed by atoms with Crippen LogP contribution in [0.5, 0.6) is 5.75 Å². The normalized spacial score (nSPS) is 17.7. The van der Waals surface area contributed by atoms with Crippen LogP contribution in [0.25, 0.3) is 0 Å². The van der Waals surface area contributed by atoms with Gasteiger partial charge in [-0.3, -0.25) is 9.59 Å². The molecule has 2 aliphatic heterocycles. The van der Waals surface area contributed by atoms with Crippen molar-refractivity contribution in [1.29, 1.82) is 0 Å². The van der Waals surface area contributed by atoms with Crippen molar-refractivity contribution in [3.8, 4) is 5.75 Å². The third kappa shape index (κ3) is 5.52. The Kier molecular flexibility index (Phi) is 6.99. The molecule has 164 valence electrons. The predicted molar refractivity (Wildman–Crippen MR) is 117 cm³/mol. The fourth-order valence-corrected chi connectivity index (χ4v) is 3.71. The average molecular weight is 425 g/mol. The highest BCUT2D eigenvalue weighted by molar-refractivity contribution is 5.95. The molecule has 1 saturated heterocycles. The molecule has 1 aromatic carbocycles. The summed E-state index contributed by atoms with van der Waals surface area (Å²) >= 11 is 0. The number of ether oxygens (including phenoxy) is 2. The lowest BCUT2D eigenvalue weighted by Crippen LogP contribution is -2.47. The number of morpholine rings is 1. The Bertz CT molecular complexity index is 914. The summed E-state index contributed by atoms with van der Waals surface area (Å²) in [5, 5.41) is 3.25. The molecule has 0 saturated carbocycles. The van der Waals surface area contributed by atoms with Crippen LogP contribution in [0, 0.1) is 0 Å². The number of para-hydroxylation sites is 2. The molecule has 3 heterocycles. The first-order chi connectivity index (χ1) is 15.2. The van der Waals surface area contributed by atoms with Crippen molar-refractivity contribution in [2.45, 2.75) is 19.3 Å². The summed E-state index contributed by atoms with van der Waals surface area (Å²) in [7, 11) is 0. The Morgan fingerprint density at radius 3 is 2.68 bits per heavy atom. The summed E-state index contributed by atoms with van der Waals surface area (Å²) in [5.74, 6) is 1.03. The number of pyridine rings is 1. The molecule has 1 aromatic heterocycles. The zero-order valence-corrected chi connectivity index (χ0v) is 17.6. The van der Waals surface area contributed by atoms with Gasteiger partial charge in [-0.15, -0.1) is 0 Å². The van der Waals surface area contributed by atoms with Crippen LogP contribution in [0.15, 0.2) is 42.5 Å². The molecule has 2 aliphatic rings. The standard InChI is InChI=1S/C23H28N4O4/c28-22(26-12-15-30-16-13-26)17-27-11-4-1-5-14-31-20-9-3-2-7-18(20)24-21-10-6-8-19(25-21)23(27)29/h2-3,6-10H,1,4-5,11-17H2,(H,24,25). The van der Waals surface area contributed by atoms with E-state index in [2.05, 4.69) is 10.3 Å². The van der Waals surface area contributed by atoms with E-state index in [1.165, 1.54) is 0 Å². The number of hydrogen-bond donors (Lipinski definition) is 1. The van der Waals surface area contributed by atoms with Gasteiger partial charge in [-0.25, -0.2) is 4.98 Å². The van der Waals surface area contributed by atoms with Crippen molar-refractivity contribution in [3.63, 3.8) is 0 Å². The summed E-state index contributed by atoms with van der Waals surface area (Å²) in [6, 6.07) is 13.0. The van der Waals surface area contributed by atoms with Crippen molar-refractivity contribution in [2.75, 3.05) is 51.3 Å². The molecule has 1 N–H and O–H groups in total. The smallest absolute Gasteiger partial charge is 0.273 e. The molecule has 0 radical (unpaired) electrons. The molecule has 0 atom stereocenters. The van der Waals surface area contributed by atoms with Gasteiger partial charge in [-0.1, -0.05) is 18.2 Å². The minimum Gasteiger partial charge on any atom is -0.491 e. The highest BCUT2D eigenvalue weighted by atomic mass is 16.5. The minimum atomic E-state index is -0.230. The van der Waals surface area contributed by atoms with Gasteiger partial charge in [0.2, 0.25) is 5.91 Å². The molecule has 8 nitrogen and oxygen atoms in total. The number of nitrogens with zero attached hydrogens (tertiary/aromatic N) is 3. The second-order valence-corrected chi connectivity index (χ2v) is 7.66. The van der Waals surface area contributed by atoms with E-state index >= 15 is 0 Å². The molecule has 31 heavy (non-hydrogen) atoms. The zero-order valence-electron chi connectivity index (χ0n) is 17.6. The van der Waals surface area contributed by atoms with Gasteiger partial charge in [0.15, 0.2) is 0 Å². The van der Waals surface area contributed by atoms with Crippen molar-refractivity contribution in [1.82, 2.24) is 14.8 Å². The number of nitrogens with one attached hydrogen (secondary N) is 1. The quantitative estimate of drug-likeness (QED) is 0.798. The first-order valence-corrected chi connectivity index (χ1v) is 10.8. The number of carbonyl (C=O) groups is 2. The molecule has 1 fully saturated rings. The van der Waals surface area contributed by atoms with E-state index in [1.807, 2.05) is 30.3 Å². The lowest BCUT2D eigenvalue weighted by molar-refractivity contribution is -0.136. The van der Waals surface area contributed by atoms with Crippen LogP contribution < -0.4 is 10.1 Å². The molecule has 2 aromatic rings. The van der Waals surface area contributed by atoms with Gasteiger partial charge in [-0.2, -0.15) is 0 Å². The number of hydrogen-bond acceptors (Lipinski definition) is 6. The maximum Gasteiger partial charge on any atom is 0.273 e. The van der Waals surface area contributed by atoms with E-state index in [1.54, 1.807) is 21.9 Å². The molecule has 0 aliphatic carbocycles. The summed E-state index contributed by atoms with van der Waals surface area (Å²) < 4.78 is 11.3.